The third-order valence-corrected chi connectivity index (χ3v) is 8.48. The molecule has 1 aliphatic heterocycles. The highest BCUT2D eigenvalue weighted by atomic mass is 32.2. The molecule has 0 radical (unpaired) electrons. The van der Waals surface area contributed by atoms with Gasteiger partial charge in [-0.1, -0.05) is 37.7 Å². The van der Waals surface area contributed by atoms with E-state index in [-0.39, 0.29) is 35.6 Å². The quantitative estimate of drug-likeness (QED) is 0.193. The number of non-ortho nitro benzene ring substituents is 1. The Labute approximate surface area is 206 Å². The van der Waals surface area contributed by atoms with Gasteiger partial charge in [0.15, 0.2) is 12.6 Å². The summed E-state index contributed by atoms with van der Waals surface area (Å²) in [6.07, 6.45) is 0. The fraction of sp³-hybridized carbons (Fsp3) is 0.333. The van der Waals surface area contributed by atoms with E-state index in [1.54, 1.807) is 26.0 Å². The van der Waals surface area contributed by atoms with Crippen LogP contribution in [-0.2, 0) is 27.1 Å². The molecule has 1 aromatic heterocycles. The van der Waals surface area contributed by atoms with E-state index in [1.807, 2.05) is 0 Å². The molecule has 0 saturated carbocycles. The van der Waals surface area contributed by atoms with E-state index in [2.05, 4.69) is 10.2 Å². The molecule has 1 aliphatic rings. The molecular weight excluding hydrogens is 496 g/mol. The molecule has 0 unspecified atom stereocenters. The average Bonchev–Trinajstić information content (AvgIpc) is 3.23. The lowest BCUT2D eigenvalue weighted by Crippen LogP contribution is -2.30. The van der Waals surface area contributed by atoms with Crippen molar-refractivity contribution in [2.75, 3.05) is 25.7 Å². The molecule has 2 heterocycles. The first-order valence-electron chi connectivity index (χ1n) is 10.7. The number of thioether (sulfide) groups is 1. The number of hydrogen-bond donors (Lipinski definition) is 1. The smallest absolute Gasteiger partial charge is 0.270 e. The van der Waals surface area contributed by atoms with Crippen LogP contribution in [0.3, 0.4) is 0 Å². The number of hydrogen-bond acceptors (Lipinski definition) is 10. The lowest BCUT2D eigenvalue weighted by atomic mass is 10.1. The lowest BCUT2D eigenvalue weighted by molar-refractivity contribution is -0.385. The molecule has 0 saturated heterocycles. The summed E-state index contributed by atoms with van der Waals surface area (Å²) in [5.74, 6) is 7.36. The summed E-state index contributed by atoms with van der Waals surface area (Å²) in [6.45, 7) is 4.55. The number of sulfonamides is 1. The van der Waals surface area contributed by atoms with E-state index in [0.29, 0.717) is 40.7 Å². The molecule has 12 nitrogen and oxygen atoms in total. The van der Waals surface area contributed by atoms with Gasteiger partial charge in [-0.2, -0.15) is 4.31 Å². The number of nitro groups is 1. The number of ether oxygens (including phenoxy) is 2. The summed E-state index contributed by atoms with van der Waals surface area (Å²) >= 11 is 1.23. The Bertz CT molecular complexity index is 1360. The minimum Gasteiger partial charge on any atom is -0.467 e. The zero-order valence-corrected chi connectivity index (χ0v) is 20.7. The van der Waals surface area contributed by atoms with Crippen molar-refractivity contribution >= 4 is 27.5 Å². The molecular formula is C21H24N6O6S2. The van der Waals surface area contributed by atoms with Crippen LogP contribution in [0.25, 0.3) is 11.4 Å². The number of aromatic nitrogens is 3. The molecule has 2 N–H and O–H groups in total. The molecule has 0 amide bonds. The van der Waals surface area contributed by atoms with Crippen molar-refractivity contribution in [3.05, 3.63) is 57.6 Å². The SMILES string of the molecule is CCN(CC)S(=O)(=O)c1cccc(-c2nnc(SCc3cc([N+](=O)[O-])cc4c3OCOC4)n2N)c1. The highest BCUT2D eigenvalue weighted by molar-refractivity contribution is 7.98. The zero-order valence-electron chi connectivity index (χ0n) is 19.1. The second-order valence-electron chi connectivity index (χ2n) is 7.54. The molecule has 0 bridgehead atoms. The fourth-order valence-corrected chi connectivity index (χ4v) is 6.04. The van der Waals surface area contributed by atoms with Gasteiger partial charge in [0.1, 0.15) is 5.75 Å². The van der Waals surface area contributed by atoms with Gasteiger partial charge in [-0.15, -0.1) is 10.2 Å². The second kappa shape index (κ2) is 10.2. The maximum Gasteiger partial charge on any atom is 0.270 e. The van der Waals surface area contributed by atoms with Crippen LogP contribution in [0.1, 0.15) is 25.0 Å². The number of nitrogens with two attached hydrogens (primary N) is 1. The number of nitrogen functional groups attached to an aromatic ring is 1. The Hall–Kier alpha value is -3.20. The summed E-state index contributed by atoms with van der Waals surface area (Å²) < 4.78 is 39.2. The highest BCUT2D eigenvalue weighted by Crippen LogP contribution is 2.36. The molecule has 0 spiro atoms. The minimum absolute atomic E-state index is 0.0606. The topological polar surface area (TPSA) is 156 Å². The maximum absolute atomic E-state index is 12.9. The van der Waals surface area contributed by atoms with Crippen LogP contribution in [0.15, 0.2) is 46.5 Å². The highest BCUT2D eigenvalue weighted by Gasteiger charge is 2.24. The second-order valence-corrected chi connectivity index (χ2v) is 10.4. The molecule has 3 aromatic rings. The molecule has 0 atom stereocenters. The van der Waals surface area contributed by atoms with Gasteiger partial charge in [0.25, 0.3) is 5.69 Å². The number of benzene rings is 2. The molecule has 0 aliphatic carbocycles. The molecule has 4 rings (SSSR count). The van der Waals surface area contributed by atoms with Gasteiger partial charge < -0.3 is 15.3 Å². The van der Waals surface area contributed by atoms with E-state index in [1.165, 1.54) is 45.0 Å². The van der Waals surface area contributed by atoms with E-state index >= 15 is 0 Å². The van der Waals surface area contributed by atoms with Gasteiger partial charge in [0.2, 0.25) is 15.2 Å². The van der Waals surface area contributed by atoms with Gasteiger partial charge in [0, 0.05) is 47.7 Å². The van der Waals surface area contributed by atoms with Crippen molar-refractivity contribution in [3.63, 3.8) is 0 Å². The Kier molecular flexibility index (Phi) is 7.25. The standard InChI is InChI=1S/C21H24N6O6S2/c1-3-25(4-2)35(30,31)18-7-5-6-14(10-18)20-23-24-21(26(20)22)34-12-16-9-17(27(28)29)8-15-11-32-13-33-19(15)16/h5-10H,3-4,11-13,22H2,1-2H3. The maximum atomic E-state index is 12.9. The Morgan fingerprint density at radius 1 is 1.23 bits per heavy atom. The van der Waals surface area contributed by atoms with Crippen molar-refractivity contribution in [3.8, 4) is 17.1 Å². The first kappa shape index (κ1) is 24.9. The molecule has 186 valence electrons. The summed E-state index contributed by atoms with van der Waals surface area (Å²) in [7, 11) is -3.65. The predicted molar refractivity (Wildman–Crippen MR) is 129 cm³/mol. The van der Waals surface area contributed by atoms with Crippen LogP contribution in [0.5, 0.6) is 5.75 Å². The lowest BCUT2D eigenvalue weighted by Gasteiger charge is -2.20. The van der Waals surface area contributed by atoms with Crippen LogP contribution in [0.4, 0.5) is 5.69 Å². The number of rotatable bonds is 9. The minimum atomic E-state index is -3.65. The summed E-state index contributed by atoms with van der Waals surface area (Å²) in [6, 6.07) is 9.26. The van der Waals surface area contributed by atoms with Crippen LogP contribution < -0.4 is 10.6 Å². The zero-order chi connectivity index (χ0) is 25.2. The van der Waals surface area contributed by atoms with Crippen molar-refractivity contribution in [2.24, 2.45) is 0 Å². The molecule has 2 aromatic carbocycles. The molecule has 0 fully saturated rings. The van der Waals surface area contributed by atoms with E-state index in [0.717, 1.165) is 0 Å². The van der Waals surface area contributed by atoms with Gasteiger partial charge in [-0.3, -0.25) is 10.1 Å². The van der Waals surface area contributed by atoms with E-state index in [4.69, 9.17) is 15.3 Å². The fourth-order valence-electron chi connectivity index (χ4n) is 3.72. The largest absolute Gasteiger partial charge is 0.467 e. The predicted octanol–water partition coefficient (Wildman–Crippen LogP) is 2.76. The summed E-state index contributed by atoms with van der Waals surface area (Å²) in [5, 5.41) is 19.9. The van der Waals surface area contributed by atoms with Crippen molar-refractivity contribution in [2.45, 2.75) is 36.3 Å². The van der Waals surface area contributed by atoms with Gasteiger partial charge in [-0.05, 0) is 12.1 Å². The molecule has 35 heavy (non-hydrogen) atoms. The van der Waals surface area contributed by atoms with Crippen molar-refractivity contribution in [1.29, 1.82) is 0 Å². The van der Waals surface area contributed by atoms with Crippen molar-refractivity contribution < 1.29 is 22.8 Å². The van der Waals surface area contributed by atoms with Gasteiger partial charge >= 0.3 is 0 Å². The first-order chi connectivity index (χ1) is 16.8. The normalized spacial score (nSPS) is 13.5. The number of nitro benzene ring substituents is 1. The van der Waals surface area contributed by atoms with Crippen molar-refractivity contribution in [1.82, 2.24) is 19.2 Å². The van der Waals surface area contributed by atoms with E-state index < -0.39 is 14.9 Å². The Morgan fingerprint density at radius 2 is 2.00 bits per heavy atom. The van der Waals surface area contributed by atoms with Crippen LogP contribution in [0, 0.1) is 10.1 Å². The van der Waals surface area contributed by atoms with Crippen LogP contribution in [0.2, 0.25) is 0 Å². The average molecular weight is 521 g/mol. The number of fused-ring (bicyclic) bond motifs is 1. The first-order valence-corrected chi connectivity index (χ1v) is 13.1. The van der Waals surface area contributed by atoms with Gasteiger partial charge in [-0.25, -0.2) is 13.1 Å². The monoisotopic (exact) mass is 520 g/mol. The number of nitrogens with zero attached hydrogens (tertiary/aromatic N) is 5. The Morgan fingerprint density at radius 3 is 2.71 bits per heavy atom. The summed E-state index contributed by atoms with van der Waals surface area (Å²) in [4.78, 5) is 11.0. The van der Waals surface area contributed by atoms with E-state index in [9.17, 15) is 18.5 Å². The summed E-state index contributed by atoms with van der Waals surface area (Å²) in [5.41, 5.74) is 1.64. The third-order valence-electron chi connectivity index (χ3n) is 5.44. The third kappa shape index (κ3) is 4.96. The van der Waals surface area contributed by atoms with Gasteiger partial charge in [0.05, 0.1) is 16.4 Å². The van der Waals surface area contributed by atoms with Crippen LogP contribution >= 0.6 is 11.8 Å². The van der Waals surface area contributed by atoms with Crippen LogP contribution in [-0.4, -0.2) is 52.4 Å². The Balaban J connectivity index is 1.60. The molecule has 14 heteroatoms.